The third-order valence-electron chi connectivity index (χ3n) is 3.13. The summed E-state index contributed by atoms with van der Waals surface area (Å²) in [6, 6.07) is 8.69. The van der Waals surface area contributed by atoms with Crippen LogP contribution in [-0.4, -0.2) is 9.78 Å². The second kappa shape index (κ2) is 4.36. The smallest absolute Gasteiger partial charge is 0.0651 e. The van der Waals surface area contributed by atoms with E-state index in [4.69, 9.17) is 0 Å². The Bertz CT molecular complexity index is 536. The molecule has 2 rings (SSSR count). The fraction of sp³-hybridized carbons (Fsp3) is 0.400. The van der Waals surface area contributed by atoms with E-state index < -0.39 is 0 Å². The van der Waals surface area contributed by atoms with Crippen LogP contribution in [-0.2, 0) is 0 Å². The number of aromatic nitrogens is 2. The number of nitrogens with zero attached hydrogens (tertiary/aromatic N) is 2. The normalized spacial score (nSPS) is 11.2. The second-order valence-corrected chi connectivity index (χ2v) is 5.03. The predicted octanol–water partition coefficient (Wildman–Crippen LogP) is 3.92. The van der Waals surface area contributed by atoms with Gasteiger partial charge < -0.3 is 0 Å². The summed E-state index contributed by atoms with van der Waals surface area (Å²) in [4.78, 5) is 0. The van der Waals surface area contributed by atoms with Gasteiger partial charge in [0.25, 0.3) is 0 Å². The Kier molecular flexibility index (Phi) is 3.05. The summed E-state index contributed by atoms with van der Waals surface area (Å²) in [5, 5.41) is 4.51. The van der Waals surface area contributed by atoms with Crippen LogP contribution in [0.5, 0.6) is 0 Å². The molecular formula is C15H20N2. The first-order valence-corrected chi connectivity index (χ1v) is 6.13. The minimum Gasteiger partial charge on any atom is -0.238 e. The summed E-state index contributed by atoms with van der Waals surface area (Å²) in [7, 11) is 0. The molecule has 90 valence electrons. The summed E-state index contributed by atoms with van der Waals surface area (Å²) >= 11 is 0. The van der Waals surface area contributed by atoms with E-state index in [0.717, 1.165) is 11.4 Å². The van der Waals surface area contributed by atoms with Crippen LogP contribution in [0.15, 0.2) is 24.3 Å². The maximum Gasteiger partial charge on any atom is 0.0651 e. The summed E-state index contributed by atoms with van der Waals surface area (Å²) in [6.07, 6.45) is 0. The lowest BCUT2D eigenvalue weighted by atomic mass is 9.98. The molecule has 2 heteroatoms. The van der Waals surface area contributed by atoms with E-state index in [2.05, 4.69) is 57.1 Å². The van der Waals surface area contributed by atoms with Crippen LogP contribution in [0.1, 0.15) is 42.3 Å². The molecule has 2 nitrogen and oxygen atoms in total. The van der Waals surface area contributed by atoms with Crippen molar-refractivity contribution in [1.82, 2.24) is 9.78 Å². The monoisotopic (exact) mass is 228 g/mol. The second-order valence-electron chi connectivity index (χ2n) is 5.03. The van der Waals surface area contributed by atoms with E-state index in [1.807, 2.05) is 11.6 Å². The van der Waals surface area contributed by atoms with Crippen molar-refractivity contribution in [2.45, 2.75) is 40.5 Å². The molecule has 1 aromatic heterocycles. The third-order valence-corrected chi connectivity index (χ3v) is 3.13. The Morgan fingerprint density at radius 3 is 2.24 bits per heavy atom. The minimum atomic E-state index is 0.574. The molecule has 1 heterocycles. The molecule has 0 aliphatic heterocycles. The fourth-order valence-electron chi connectivity index (χ4n) is 2.33. The quantitative estimate of drug-likeness (QED) is 0.761. The Balaban J connectivity index is 2.48. The van der Waals surface area contributed by atoms with Gasteiger partial charge in [-0.25, -0.2) is 4.68 Å². The lowest BCUT2D eigenvalue weighted by Crippen LogP contribution is -2.01. The van der Waals surface area contributed by atoms with E-state index in [0.29, 0.717) is 5.92 Å². The highest BCUT2D eigenvalue weighted by molar-refractivity contribution is 5.42. The zero-order valence-corrected chi connectivity index (χ0v) is 11.3. The van der Waals surface area contributed by atoms with Crippen LogP contribution in [0.3, 0.4) is 0 Å². The van der Waals surface area contributed by atoms with Crippen molar-refractivity contribution in [2.24, 2.45) is 0 Å². The molecule has 1 aromatic carbocycles. The van der Waals surface area contributed by atoms with Gasteiger partial charge in [0.1, 0.15) is 0 Å². The lowest BCUT2D eigenvalue weighted by molar-refractivity contribution is 0.821. The summed E-state index contributed by atoms with van der Waals surface area (Å²) < 4.78 is 2.01. The molecule has 0 N–H and O–H groups in total. The van der Waals surface area contributed by atoms with Gasteiger partial charge in [0.15, 0.2) is 0 Å². The zero-order chi connectivity index (χ0) is 12.6. The lowest BCUT2D eigenvalue weighted by Gasteiger charge is -2.12. The molecule has 0 aliphatic carbocycles. The Hall–Kier alpha value is -1.57. The molecule has 2 aromatic rings. The molecule has 0 radical (unpaired) electrons. The van der Waals surface area contributed by atoms with Gasteiger partial charge in [-0.05, 0) is 56.0 Å². The van der Waals surface area contributed by atoms with Gasteiger partial charge >= 0.3 is 0 Å². The molecule has 0 aliphatic rings. The Morgan fingerprint density at radius 1 is 1.06 bits per heavy atom. The first-order chi connectivity index (χ1) is 7.99. The average molecular weight is 228 g/mol. The van der Waals surface area contributed by atoms with E-state index in [-0.39, 0.29) is 0 Å². The maximum absolute atomic E-state index is 4.51. The fourth-order valence-corrected chi connectivity index (χ4v) is 2.33. The van der Waals surface area contributed by atoms with Crippen LogP contribution in [0.25, 0.3) is 5.69 Å². The van der Waals surface area contributed by atoms with Crippen LogP contribution in [0.4, 0.5) is 0 Å². The highest BCUT2D eigenvalue weighted by atomic mass is 15.3. The molecule has 0 unspecified atom stereocenters. The summed E-state index contributed by atoms with van der Waals surface area (Å²) in [5.41, 5.74) is 6.14. The van der Waals surface area contributed by atoms with Crippen LogP contribution in [0, 0.1) is 20.8 Å². The highest BCUT2D eigenvalue weighted by Gasteiger charge is 2.07. The van der Waals surface area contributed by atoms with Crippen molar-refractivity contribution in [3.05, 3.63) is 46.8 Å². The minimum absolute atomic E-state index is 0.574. The van der Waals surface area contributed by atoms with Gasteiger partial charge in [0.05, 0.1) is 11.4 Å². The van der Waals surface area contributed by atoms with Gasteiger partial charge in [-0.2, -0.15) is 5.10 Å². The molecule has 0 saturated carbocycles. The van der Waals surface area contributed by atoms with E-state index in [9.17, 15) is 0 Å². The average Bonchev–Trinajstić information content (AvgIpc) is 2.57. The molecule has 0 saturated heterocycles. The molecule has 0 bridgehead atoms. The van der Waals surface area contributed by atoms with Crippen molar-refractivity contribution in [1.29, 1.82) is 0 Å². The molecule has 0 amide bonds. The standard InChI is InChI=1S/C15H20N2/c1-10(2)15-7-6-14(8-11(15)3)17-13(5)9-12(4)16-17/h6-10H,1-5H3. The Morgan fingerprint density at radius 2 is 1.76 bits per heavy atom. The molecule has 0 atom stereocenters. The van der Waals surface area contributed by atoms with Gasteiger partial charge in [-0.1, -0.05) is 19.9 Å². The maximum atomic E-state index is 4.51. The van der Waals surface area contributed by atoms with Crippen molar-refractivity contribution < 1.29 is 0 Å². The van der Waals surface area contributed by atoms with Gasteiger partial charge in [0, 0.05) is 5.69 Å². The van der Waals surface area contributed by atoms with Crippen molar-refractivity contribution in [2.75, 3.05) is 0 Å². The number of aryl methyl sites for hydroxylation is 3. The van der Waals surface area contributed by atoms with E-state index >= 15 is 0 Å². The molecule has 0 fully saturated rings. The number of benzene rings is 1. The Labute approximate surface area is 103 Å². The van der Waals surface area contributed by atoms with Crippen LogP contribution >= 0.6 is 0 Å². The molecular weight excluding hydrogens is 208 g/mol. The first-order valence-electron chi connectivity index (χ1n) is 6.13. The number of hydrogen-bond donors (Lipinski definition) is 0. The van der Waals surface area contributed by atoms with E-state index in [1.54, 1.807) is 0 Å². The van der Waals surface area contributed by atoms with E-state index in [1.165, 1.54) is 16.8 Å². The SMILES string of the molecule is Cc1cc(C)n(-c2ccc(C(C)C)c(C)c2)n1. The number of rotatable bonds is 2. The van der Waals surface area contributed by atoms with Crippen LogP contribution < -0.4 is 0 Å². The van der Waals surface area contributed by atoms with Crippen molar-refractivity contribution in [3.63, 3.8) is 0 Å². The number of hydrogen-bond acceptors (Lipinski definition) is 1. The van der Waals surface area contributed by atoms with Gasteiger partial charge in [-0.15, -0.1) is 0 Å². The predicted molar refractivity (Wildman–Crippen MR) is 71.9 cm³/mol. The molecule has 17 heavy (non-hydrogen) atoms. The third kappa shape index (κ3) is 2.26. The van der Waals surface area contributed by atoms with Crippen molar-refractivity contribution in [3.8, 4) is 5.69 Å². The van der Waals surface area contributed by atoms with Crippen molar-refractivity contribution >= 4 is 0 Å². The highest BCUT2D eigenvalue weighted by Crippen LogP contribution is 2.22. The summed E-state index contributed by atoms with van der Waals surface area (Å²) in [5.74, 6) is 0.574. The zero-order valence-electron chi connectivity index (χ0n) is 11.3. The van der Waals surface area contributed by atoms with Crippen LogP contribution in [0.2, 0.25) is 0 Å². The van der Waals surface area contributed by atoms with Gasteiger partial charge in [-0.3, -0.25) is 0 Å². The largest absolute Gasteiger partial charge is 0.238 e. The topological polar surface area (TPSA) is 17.8 Å². The van der Waals surface area contributed by atoms with Gasteiger partial charge in [0.2, 0.25) is 0 Å². The first kappa shape index (κ1) is 11.9. The summed E-state index contributed by atoms with van der Waals surface area (Å²) in [6.45, 7) is 10.7. The molecule has 0 spiro atoms.